The summed E-state index contributed by atoms with van der Waals surface area (Å²) in [5, 5.41) is 5.94. The number of aryl methyl sites for hydroxylation is 2. The van der Waals surface area contributed by atoms with Crippen LogP contribution in [0.15, 0.2) is 58.8 Å². The van der Waals surface area contributed by atoms with E-state index in [2.05, 4.69) is 10.3 Å². The number of hydrogen-bond donors (Lipinski definition) is 1. The van der Waals surface area contributed by atoms with Crippen LogP contribution >= 0.6 is 11.3 Å². The van der Waals surface area contributed by atoms with Gasteiger partial charge in [0.05, 0.1) is 21.5 Å². The minimum atomic E-state index is -3.61. The van der Waals surface area contributed by atoms with Crippen LogP contribution in [0.2, 0.25) is 0 Å². The first kappa shape index (κ1) is 21.7. The van der Waals surface area contributed by atoms with Gasteiger partial charge in [-0.05, 0) is 51.0 Å². The highest BCUT2D eigenvalue weighted by Gasteiger charge is 2.33. The van der Waals surface area contributed by atoms with Gasteiger partial charge in [0.25, 0.3) is 0 Å². The molecule has 3 aromatic rings. The Balaban J connectivity index is 1.46. The Morgan fingerprint density at radius 2 is 1.94 bits per heavy atom. The number of sulfonamides is 1. The van der Waals surface area contributed by atoms with E-state index in [1.807, 2.05) is 43.5 Å². The number of piperidine rings is 1. The van der Waals surface area contributed by atoms with E-state index < -0.39 is 10.0 Å². The van der Waals surface area contributed by atoms with Crippen LogP contribution in [0.1, 0.15) is 23.4 Å². The highest BCUT2D eigenvalue weighted by atomic mass is 32.2. The second-order valence-electron chi connectivity index (χ2n) is 7.84. The molecule has 0 saturated carbocycles. The van der Waals surface area contributed by atoms with Crippen LogP contribution < -0.4 is 5.32 Å². The van der Waals surface area contributed by atoms with Gasteiger partial charge in [-0.25, -0.2) is 13.4 Å². The Bertz CT molecular complexity index is 1190. The molecule has 31 heavy (non-hydrogen) atoms. The van der Waals surface area contributed by atoms with Gasteiger partial charge in [0.1, 0.15) is 0 Å². The molecule has 1 atom stereocenters. The van der Waals surface area contributed by atoms with Gasteiger partial charge in [0.15, 0.2) is 0 Å². The fourth-order valence-electron chi connectivity index (χ4n) is 3.73. The second-order valence-corrected chi connectivity index (χ2v) is 10.8. The summed E-state index contributed by atoms with van der Waals surface area (Å²) in [5.74, 6) is -0.547. The van der Waals surface area contributed by atoms with Crippen molar-refractivity contribution < 1.29 is 13.2 Å². The lowest BCUT2D eigenvalue weighted by molar-refractivity contribution is -0.120. The first-order valence-electron chi connectivity index (χ1n) is 10.2. The van der Waals surface area contributed by atoms with Crippen molar-refractivity contribution in [1.29, 1.82) is 0 Å². The van der Waals surface area contributed by atoms with Gasteiger partial charge in [-0.1, -0.05) is 29.8 Å². The molecule has 1 saturated heterocycles. The summed E-state index contributed by atoms with van der Waals surface area (Å²) in [6.45, 7) is 4.49. The molecule has 1 aromatic heterocycles. The first-order valence-corrected chi connectivity index (χ1v) is 12.5. The number of anilines is 1. The molecule has 0 aliphatic carbocycles. The molecule has 1 fully saturated rings. The smallest absolute Gasteiger partial charge is 0.243 e. The summed E-state index contributed by atoms with van der Waals surface area (Å²) in [7, 11) is -3.61. The zero-order valence-corrected chi connectivity index (χ0v) is 19.2. The minimum Gasteiger partial charge on any atom is -0.326 e. The molecule has 6 nitrogen and oxygen atoms in total. The molecule has 2 heterocycles. The number of nitrogens with zero attached hydrogens (tertiary/aromatic N) is 2. The van der Waals surface area contributed by atoms with Gasteiger partial charge in [-0.3, -0.25) is 4.79 Å². The predicted molar refractivity (Wildman–Crippen MR) is 124 cm³/mol. The van der Waals surface area contributed by atoms with Gasteiger partial charge >= 0.3 is 0 Å². The molecule has 1 aliphatic rings. The van der Waals surface area contributed by atoms with Crippen molar-refractivity contribution in [1.82, 2.24) is 9.29 Å². The molecule has 162 valence electrons. The first-order chi connectivity index (χ1) is 14.8. The van der Waals surface area contributed by atoms with Crippen molar-refractivity contribution in [3.05, 3.63) is 64.5 Å². The lowest BCUT2D eigenvalue weighted by Crippen LogP contribution is -2.43. The molecule has 1 amide bonds. The summed E-state index contributed by atoms with van der Waals surface area (Å²) < 4.78 is 27.5. The fourth-order valence-corrected chi connectivity index (χ4v) is 5.88. The molecule has 0 bridgehead atoms. The van der Waals surface area contributed by atoms with Gasteiger partial charge in [0.2, 0.25) is 15.9 Å². The highest BCUT2D eigenvalue weighted by molar-refractivity contribution is 7.89. The Hall–Kier alpha value is -2.55. The highest BCUT2D eigenvalue weighted by Crippen LogP contribution is 2.27. The zero-order valence-electron chi connectivity index (χ0n) is 17.5. The standard InChI is InChI=1S/C23H25N3O3S2/c1-16-8-10-21(11-9-16)31(28,29)26-12-4-6-19(14-26)23(27)25-20-7-3-5-18(13-20)22-15-30-17(2)24-22/h3,5,7-11,13,15,19H,4,6,12,14H2,1-2H3,(H,25,27). The third-order valence-corrected chi connectivity index (χ3v) is 8.11. The van der Waals surface area contributed by atoms with Crippen molar-refractivity contribution in [2.45, 2.75) is 31.6 Å². The maximum atomic E-state index is 13.0. The van der Waals surface area contributed by atoms with Gasteiger partial charge in [-0.2, -0.15) is 4.31 Å². The summed E-state index contributed by atoms with van der Waals surface area (Å²) in [6.07, 6.45) is 1.32. The van der Waals surface area contributed by atoms with E-state index in [1.165, 1.54) is 4.31 Å². The molecular weight excluding hydrogens is 430 g/mol. The molecule has 1 unspecified atom stereocenters. The summed E-state index contributed by atoms with van der Waals surface area (Å²) in [6, 6.07) is 14.4. The van der Waals surface area contributed by atoms with Crippen LogP contribution in [-0.4, -0.2) is 36.7 Å². The van der Waals surface area contributed by atoms with Crippen molar-refractivity contribution in [2.24, 2.45) is 5.92 Å². The van der Waals surface area contributed by atoms with Crippen LogP contribution in [0, 0.1) is 19.8 Å². The van der Waals surface area contributed by atoms with Crippen molar-refractivity contribution in [3.8, 4) is 11.3 Å². The number of amides is 1. The number of benzene rings is 2. The number of rotatable bonds is 5. The van der Waals surface area contributed by atoms with Crippen LogP contribution in [0.4, 0.5) is 5.69 Å². The minimum absolute atomic E-state index is 0.157. The van der Waals surface area contributed by atoms with Crippen LogP contribution in [-0.2, 0) is 14.8 Å². The average molecular weight is 456 g/mol. The molecule has 0 radical (unpaired) electrons. The topological polar surface area (TPSA) is 79.4 Å². The van der Waals surface area contributed by atoms with E-state index in [1.54, 1.807) is 35.6 Å². The Morgan fingerprint density at radius 1 is 1.16 bits per heavy atom. The maximum absolute atomic E-state index is 13.0. The third kappa shape index (κ3) is 4.87. The van der Waals surface area contributed by atoms with E-state index in [4.69, 9.17) is 0 Å². The molecule has 0 spiro atoms. The predicted octanol–water partition coefficient (Wildman–Crippen LogP) is 4.47. The van der Waals surface area contributed by atoms with Gasteiger partial charge in [-0.15, -0.1) is 11.3 Å². The summed E-state index contributed by atoms with van der Waals surface area (Å²) in [5.41, 5.74) is 3.51. The average Bonchev–Trinajstić information content (AvgIpc) is 3.21. The van der Waals surface area contributed by atoms with Gasteiger partial charge in [0, 0.05) is 29.7 Å². The van der Waals surface area contributed by atoms with E-state index in [0.29, 0.717) is 25.1 Å². The van der Waals surface area contributed by atoms with Crippen LogP contribution in [0.5, 0.6) is 0 Å². The molecule has 4 rings (SSSR count). The van der Waals surface area contributed by atoms with E-state index >= 15 is 0 Å². The molecule has 1 aliphatic heterocycles. The molecule has 2 aromatic carbocycles. The third-order valence-electron chi connectivity index (χ3n) is 5.46. The number of nitrogens with one attached hydrogen (secondary N) is 1. The largest absolute Gasteiger partial charge is 0.326 e. The normalized spacial score (nSPS) is 17.4. The van der Waals surface area contributed by atoms with E-state index in [9.17, 15) is 13.2 Å². The van der Waals surface area contributed by atoms with Crippen molar-refractivity contribution in [3.63, 3.8) is 0 Å². The SMILES string of the molecule is Cc1ccc(S(=O)(=O)N2CCCC(C(=O)Nc3cccc(-c4csc(C)n4)c3)C2)cc1. The second kappa shape index (κ2) is 8.90. The number of hydrogen-bond acceptors (Lipinski definition) is 5. The summed E-state index contributed by atoms with van der Waals surface area (Å²) >= 11 is 1.58. The quantitative estimate of drug-likeness (QED) is 0.616. The lowest BCUT2D eigenvalue weighted by Gasteiger charge is -2.31. The Kier molecular flexibility index (Phi) is 6.22. The maximum Gasteiger partial charge on any atom is 0.243 e. The van der Waals surface area contributed by atoms with E-state index in [0.717, 1.165) is 21.8 Å². The molecule has 1 N–H and O–H groups in total. The van der Waals surface area contributed by atoms with Crippen molar-refractivity contribution in [2.75, 3.05) is 18.4 Å². The summed E-state index contributed by atoms with van der Waals surface area (Å²) in [4.78, 5) is 17.7. The zero-order chi connectivity index (χ0) is 22.0. The number of aromatic nitrogens is 1. The van der Waals surface area contributed by atoms with Gasteiger partial charge < -0.3 is 5.32 Å². The lowest BCUT2D eigenvalue weighted by atomic mass is 9.98. The Labute approximate surface area is 187 Å². The fraction of sp³-hybridized carbons (Fsp3) is 0.304. The molecule has 8 heteroatoms. The Morgan fingerprint density at radius 3 is 2.65 bits per heavy atom. The van der Waals surface area contributed by atoms with E-state index in [-0.39, 0.29) is 23.3 Å². The number of carbonyl (C=O) groups excluding carboxylic acids is 1. The number of thiazole rings is 1. The van der Waals surface area contributed by atoms with Crippen LogP contribution in [0.25, 0.3) is 11.3 Å². The van der Waals surface area contributed by atoms with Crippen molar-refractivity contribution >= 4 is 33.0 Å². The van der Waals surface area contributed by atoms with Crippen LogP contribution in [0.3, 0.4) is 0 Å². The monoisotopic (exact) mass is 455 g/mol. The molecular formula is C23H25N3O3S2. The number of carbonyl (C=O) groups is 1.